The van der Waals surface area contributed by atoms with Gasteiger partial charge in [-0.05, 0) is 6.42 Å². The van der Waals surface area contributed by atoms with Crippen molar-refractivity contribution in [1.29, 1.82) is 0 Å². The van der Waals surface area contributed by atoms with Crippen LogP contribution < -0.4 is 10.6 Å². The van der Waals surface area contributed by atoms with E-state index in [-0.39, 0.29) is 11.3 Å². The van der Waals surface area contributed by atoms with Crippen molar-refractivity contribution in [3.63, 3.8) is 0 Å². The summed E-state index contributed by atoms with van der Waals surface area (Å²) in [5, 5.41) is 5.79. The van der Waals surface area contributed by atoms with Gasteiger partial charge in [-0.1, -0.05) is 6.92 Å². The Hall–Kier alpha value is -0.570. The Morgan fingerprint density at radius 1 is 1.70 bits per heavy atom. The smallest absolute Gasteiger partial charge is 0.228 e. The largest absolute Gasteiger partial charge is 0.359 e. The first-order valence-electron chi connectivity index (χ1n) is 3.68. The maximum atomic E-state index is 11.2. The minimum atomic E-state index is -0.0885. The molecule has 0 bridgehead atoms. The molecule has 1 amide bonds. The lowest BCUT2D eigenvalue weighted by Gasteiger charge is -2.39. The monoisotopic (exact) mass is 142 g/mol. The minimum Gasteiger partial charge on any atom is -0.359 e. The van der Waals surface area contributed by atoms with Crippen LogP contribution in [0.15, 0.2) is 0 Å². The van der Waals surface area contributed by atoms with Crippen molar-refractivity contribution >= 4 is 5.91 Å². The maximum absolute atomic E-state index is 11.2. The van der Waals surface area contributed by atoms with Crippen LogP contribution in [0.3, 0.4) is 0 Å². The number of hydrogen-bond donors (Lipinski definition) is 2. The van der Waals surface area contributed by atoms with E-state index in [0.29, 0.717) is 0 Å². The maximum Gasteiger partial charge on any atom is 0.228 e. The van der Waals surface area contributed by atoms with Crippen LogP contribution in [-0.4, -0.2) is 26.0 Å². The quantitative estimate of drug-likeness (QED) is 0.557. The number of carbonyl (C=O) groups is 1. The van der Waals surface area contributed by atoms with Crippen LogP contribution in [0.4, 0.5) is 0 Å². The molecule has 1 aliphatic rings. The molecule has 3 nitrogen and oxygen atoms in total. The molecule has 58 valence electrons. The highest BCUT2D eigenvalue weighted by Gasteiger charge is 2.41. The summed E-state index contributed by atoms with van der Waals surface area (Å²) in [6.07, 6.45) is 0.930. The summed E-state index contributed by atoms with van der Waals surface area (Å²) in [6, 6.07) is 0. The molecule has 1 fully saturated rings. The Morgan fingerprint density at radius 3 is 2.40 bits per heavy atom. The van der Waals surface area contributed by atoms with E-state index in [9.17, 15) is 4.79 Å². The van der Waals surface area contributed by atoms with Gasteiger partial charge in [0, 0.05) is 20.1 Å². The molecule has 1 heterocycles. The Kier molecular flexibility index (Phi) is 1.94. The van der Waals surface area contributed by atoms with E-state index in [1.807, 2.05) is 0 Å². The van der Waals surface area contributed by atoms with E-state index < -0.39 is 0 Å². The van der Waals surface area contributed by atoms with E-state index >= 15 is 0 Å². The molecule has 0 aliphatic carbocycles. The third-order valence-corrected chi connectivity index (χ3v) is 2.31. The summed E-state index contributed by atoms with van der Waals surface area (Å²) in [5.74, 6) is 0.175. The molecule has 0 unspecified atom stereocenters. The summed E-state index contributed by atoms with van der Waals surface area (Å²) in [7, 11) is 1.69. The van der Waals surface area contributed by atoms with Crippen LogP contribution in [0.5, 0.6) is 0 Å². The molecule has 10 heavy (non-hydrogen) atoms. The van der Waals surface area contributed by atoms with E-state index in [1.165, 1.54) is 0 Å². The summed E-state index contributed by atoms with van der Waals surface area (Å²) < 4.78 is 0. The van der Waals surface area contributed by atoms with Gasteiger partial charge in [0.15, 0.2) is 0 Å². The summed E-state index contributed by atoms with van der Waals surface area (Å²) in [4.78, 5) is 11.2. The van der Waals surface area contributed by atoms with Gasteiger partial charge in [-0.3, -0.25) is 4.79 Å². The second-order valence-corrected chi connectivity index (χ2v) is 2.82. The first-order valence-corrected chi connectivity index (χ1v) is 3.68. The zero-order valence-electron chi connectivity index (χ0n) is 6.53. The van der Waals surface area contributed by atoms with Gasteiger partial charge in [0.05, 0.1) is 5.41 Å². The van der Waals surface area contributed by atoms with E-state index in [0.717, 1.165) is 19.5 Å². The van der Waals surface area contributed by atoms with Gasteiger partial charge in [-0.2, -0.15) is 0 Å². The first kappa shape index (κ1) is 7.54. The number of carbonyl (C=O) groups excluding carboxylic acids is 1. The molecule has 0 radical (unpaired) electrons. The highest BCUT2D eigenvalue weighted by molar-refractivity contribution is 5.83. The van der Waals surface area contributed by atoms with Crippen LogP contribution in [-0.2, 0) is 4.79 Å². The molecule has 0 aromatic carbocycles. The molecule has 0 saturated carbocycles. The lowest BCUT2D eigenvalue weighted by Crippen LogP contribution is -2.60. The predicted molar refractivity (Wildman–Crippen MR) is 39.7 cm³/mol. The van der Waals surface area contributed by atoms with Gasteiger partial charge < -0.3 is 10.6 Å². The van der Waals surface area contributed by atoms with Gasteiger partial charge in [-0.15, -0.1) is 0 Å². The highest BCUT2D eigenvalue weighted by atomic mass is 16.2. The minimum absolute atomic E-state index is 0.0885. The van der Waals surface area contributed by atoms with Crippen LogP contribution in [0.2, 0.25) is 0 Å². The van der Waals surface area contributed by atoms with Crippen molar-refractivity contribution in [2.75, 3.05) is 20.1 Å². The van der Waals surface area contributed by atoms with Crippen LogP contribution in [0.1, 0.15) is 13.3 Å². The van der Waals surface area contributed by atoms with Crippen molar-refractivity contribution in [3.8, 4) is 0 Å². The highest BCUT2D eigenvalue weighted by Crippen LogP contribution is 2.26. The number of nitrogens with one attached hydrogen (secondary N) is 2. The Bertz CT molecular complexity index is 135. The number of rotatable bonds is 2. The first-order chi connectivity index (χ1) is 4.75. The third-order valence-electron chi connectivity index (χ3n) is 2.31. The molecule has 1 saturated heterocycles. The van der Waals surface area contributed by atoms with Crippen LogP contribution >= 0.6 is 0 Å². The molecule has 1 aliphatic heterocycles. The molecule has 0 aromatic rings. The molecule has 1 rings (SSSR count). The van der Waals surface area contributed by atoms with Gasteiger partial charge in [0.1, 0.15) is 0 Å². The van der Waals surface area contributed by atoms with Gasteiger partial charge in [0.2, 0.25) is 5.91 Å². The van der Waals surface area contributed by atoms with Crippen molar-refractivity contribution in [2.24, 2.45) is 5.41 Å². The van der Waals surface area contributed by atoms with Crippen molar-refractivity contribution in [2.45, 2.75) is 13.3 Å². The fourth-order valence-electron chi connectivity index (χ4n) is 1.26. The van der Waals surface area contributed by atoms with Gasteiger partial charge >= 0.3 is 0 Å². The fraction of sp³-hybridized carbons (Fsp3) is 0.857. The van der Waals surface area contributed by atoms with E-state index in [2.05, 4.69) is 17.6 Å². The molecule has 0 aromatic heterocycles. The number of amides is 1. The lowest BCUT2D eigenvalue weighted by atomic mass is 9.78. The molecule has 0 spiro atoms. The second-order valence-electron chi connectivity index (χ2n) is 2.82. The standard InChI is InChI=1S/C7H14N2O/c1-3-7(4-9-5-7)6(10)8-2/h9H,3-5H2,1-2H3,(H,8,10). The zero-order chi connectivity index (χ0) is 7.61. The predicted octanol–water partition coefficient (Wildman–Crippen LogP) is -0.268. The van der Waals surface area contributed by atoms with Crippen LogP contribution in [0, 0.1) is 5.41 Å². The Morgan fingerprint density at radius 2 is 2.30 bits per heavy atom. The second kappa shape index (κ2) is 2.58. The average Bonchev–Trinajstić information content (AvgIpc) is 1.86. The Labute approximate surface area is 61.2 Å². The molecular formula is C7H14N2O. The molecule has 3 heteroatoms. The molecule has 2 N–H and O–H groups in total. The van der Waals surface area contributed by atoms with Crippen molar-refractivity contribution < 1.29 is 4.79 Å². The van der Waals surface area contributed by atoms with E-state index in [4.69, 9.17) is 0 Å². The van der Waals surface area contributed by atoms with Crippen LogP contribution in [0.25, 0.3) is 0 Å². The molecular weight excluding hydrogens is 128 g/mol. The normalized spacial score (nSPS) is 21.4. The van der Waals surface area contributed by atoms with Crippen molar-refractivity contribution in [3.05, 3.63) is 0 Å². The van der Waals surface area contributed by atoms with E-state index in [1.54, 1.807) is 7.05 Å². The topological polar surface area (TPSA) is 41.1 Å². The summed E-state index contributed by atoms with van der Waals surface area (Å²) in [6.45, 7) is 3.72. The summed E-state index contributed by atoms with van der Waals surface area (Å²) >= 11 is 0. The summed E-state index contributed by atoms with van der Waals surface area (Å²) in [5.41, 5.74) is -0.0885. The van der Waals surface area contributed by atoms with Gasteiger partial charge in [0.25, 0.3) is 0 Å². The average molecular weight is 142 g/mol. The zero-order valence-corrected chi connectivity index (χ0v) is 6.53. The van der Waals surface area contributed by atoms with Crippen molar-refractivity contribution in [1.82, 2.24) is 10.6 Å². The SMILES string of the molecule is CCC1(C(=O)NC)CNC1. The number of hydrogen-bond acceptors (Lipinski definition) is 2. The lowest BCUT2D eigenvalue weighted by molar-refractivity contribution is -0.133. The third kappa shape index (κ3) is 0.904. The molecule has 0 atom stereocenters. The van der Waals surface area contributed by atoms with Gasteiger partial charge in [-0.25, -0.2) is 0 Å². The fourth-order valence-corrected chi connectivity index (χ4v) is 1.26. The Balaban J connectivity index is 2.55.